The van der Waals surface area contributed by atoms with E-state index < -0.39 is 0 Å². The minimum Gasteiger partial charge on any atom is -0.456 e. The zero-order valence-corrected chi connectivity index (χ0v) is 65.4. The molecule has 0 spiro atoms. The minimum atomic E-state index is 0.826. The second kappa shape index (κ2) is 28.3. The van der Waals surface area contributed by atoms with Crippen LogP contribution in [0.2, 0.25) is 0 Å². The van der Waals surface area contributed by atoms with Gasteiger partial charge in [-0.25, -0.2) is 0 Å². The zero-order valence-electron chi connectivity index (χ0n) is 65.4. The van der Waals surface area contributed by atoms with E-state index in [1.807, 2.05) is 48.5 Å². The number of para-hydroxylation sites is 8. The van der Waals surface area contributed by atoms with Crippen molar-refractivity contribution in [1.29, 1.82) is 0 Å². The lowest BCUT2D eigenvalue weighted by Gasteiger charge is -2.26. The highest BCUT2D eigenvalue weighted by Crippen LogP contribution is 2.48. The number of fused-ring (bicyclic) bond motifs is 15. The number of nitrogens with zero attached hydrogens (tertiary/aromatic N) is 2. The fourth-order valence-corrected chi connectivity index (χ4v) is 18.3. The lowest BCUT2D eigenvalue weighted by atomic mass is 9.92. The lowest BCUT2D eigenvalue weighted by Crippen LogP contribution is -2.09. The molecular formula is C114H70N2O5. The Labute approximate surface area is 695 Å². The van der Waals surface area contributed by atoms with Crippen LogP contribution in [0.5, 0.6) is 0 Å². The van der Waals surface area contributed by atoms with Crippen molar-refractivity contribution in [2.75, 3.05) is 9.80 Å². The van der Waals surface area contributed by atoms with Crippen molar-refractivity contribution >= 4 is 144 Å². The summed E-state index contributed by atoms with van der Waals surface area (Å²) in [6, 6.07) is 152. The first-order chi connectivity index (χ1) is 59.9. The maximum absolute atomic E-state index is 7.07. The van der Waals surface area contributed by atoms with Crippen molar-refractivity contribution in [3.8, 4) is 100 Å². The van der Waals surface area contributed by atoms with Crippen LogP contribution in [0.4, 0.5) is 34.1 Å². The fourth-order valence-electron chi connectivity index (χ4n) is 18.3. The van der Waals surface area contributed by atoms with Crippen molar-refractivity contribution in [2.24, 2.45) is 0 Å². The van der Waals surface area contributed by atoms with Crippen molar-refractivity contribution in [3.05, 3.63) is 425 Å². The third-order valence-corrected chi connectivity index (χ3v) is 24.3. The number of hydrogen-bond acceptors (Lipinski definition) is 7. The molecule has 0 N–H and O–H groups in total. The predicted octanol–water partition coefficient (Wildman–Crippen LogP) is 33.1. The van der Waals surface area contributed by atoms with Crippen LogP contribution in [0.3, 0.4) is 0 Å². The van der Waals surface area contributed by atoms with Crippen LogP contribution in [0.25, 0.3) is 210 Å². The summed E-state index contributed by atoms with van der Waals surface area (Å²) in [7, 11) is 0. The molecule has 121 heavy (non-hydrogen) atoms. The van der Waals surface area contributed by atoms with E-state index in [0.717, 1.165) is 244 Å². The number of furan rings is 5. The Morgan fingerprint density at radius 2 is 0.364 bits per heavy atom. The van der Waals surface area contributed by atoms with Gasteiger partial charge < -0.3 is 31.9 Å². The van der Waals surface area contributed by atoms with Crippen molar-refractivity contribution < 1.29 is 22.1 Å². The lowest BCUT2D eigenvalue weighted by molar-refractivity contribution is 0.668. The molecule has 24 aromatic rings. The van der Waals surface area contributed by atoms with Gasteiger partial charge in [0.15, 0.2) is 0 Å². The molecule has 19 aromatic carbocycles. The van der Waals surface area contributed by atoms with Gasteiger partial charge in [0, 0.05) is 110 Å². The molecule has 0 aliphatic heterocycles. The maximum atomic E-state index is 7.07. The highest BCUT2D eigenvalue weighted by molar-refractivity contribution is 6.14. The second-order valence-electron chi connectivity index (χ2n) is 31.3. The molecule has 0 fully saturated rings. The highest BCUT2D eigenvalue weighted by atomic mass is 16.3. The largest absolute Gasteiger partial charge is 0.456 e. The molecule has 0 amide bonds. The highest BCUT2D eigenvalue weighted by Gasteiger charge is 2.23. The molecule has 7 heteroatoms. The van der Waals surface area contributed by atoms with Crippen LogP contribution in [-0.4, -0.2) is 0 Å². The van der Waals surface area contributed by atoms with Gasteiger partial charge in [-0.05, 0) is 223 Å². The Morgan fingerprint density at radius 1 is 0.124 bits per heavy atom. The summed E-state index contributed by atoms with van der Waals surface area (Å²) in [6.45, 7) is 0. The van der Waals surface area contributed by atoms with Crippen molar-refractivity contribution in [3.63, 3.8) is 0 Å². The maximum Gasteiger partial charge on any atom is 0.143 e. The van der Waals surface area contributed by atoms with Gasteiger partial charge in [0.2, 0.25) is 0 Å². The van der Waals surface area contributed by atoms with Crippen LogP contribution < -0.4 is 9.80 Å². The standard InChI is InChI=1S/C114H70N2O5/c1-2-17-71(18-3-1)82-66-83(73-39-53-86(54-40-73)115(85-51-37-72(38-52-85)80-50-64-109-104(69-80)98-24-7-8-33-105(98)117-109)87-55-41-74(42-56-87)91-25-13-29-100-95-21-4-9-34-106(95)118-111(91)100)68-84(67-82)79-20-12-19-78(65-79)81-49-63-99-103-32-16-28-94(114(103)121-110(99)70-81)77-47-61-90(62-48-77)116(88-57-43-75(44-58-88)92-26-14-30-101-96-22-5-10-35-107(96)119-112(92)101)89-59-45-76(46-60-89)93-27-15-31-102-97-23-6-11-36-108(97)120-113(93)102/h1-70H. The van der Waals surface area contributed by atoms with E-state index >= 15 is 0 Å². The van der Waals surface area contributed by atoms with E-state index in [-0.39, 0.29) is 0 Å². The Kier molecular flexibility index (Phi) is 16.2. The molecule has 0 saturated carbocycles. The molecular weight excluding hydrogens is 1480 g/mol. The van der Waals surface area contributed by atoms with Crippen LogP contribution in [0.1, 0.15) is 0 Å². The van der Waals surface area contributed by atoms with Crippen LogP contribution in [-0.2, 0) is 0 Å². The average molecular weight is 1550 g/mol. The smallest absolute Gasteiger partial charge is 0.143 e. The zero-order chi connectivity index (χ0) is 79.6. The molecule has 5 heterocycles. The first-order valence-electron chi connectivity index (χ1n) is 41.0. The van der Waals surface area contributed by atoms with E-state index in [1.165, 1.54) is 0 Å². The number of anilines is 6. The molecule has 0 saturated heterocycles. The molecule has 0 radical (unpaired) electrons. The molecule has 0 aliphatic rings. The predicted molar refractivity (Wildman–Crippen MR) is 501 cm³/mol. The quantitative estimate of drug-likeness (QED) is 0.101. The van der Waals surface area contributed by atoms with Gasteiger partial charge in [-0.15, -0.1) is 0 Å². The summed E-state index contributed by atoms with van der Waals surface area (Å²) in [6.07, 6.45) is 0. The van der Waals surface area contributed by atoms with E-state index in [0.29, 0.717) is 0 Å². The van der Waals surface area contributed by atoms with Crippen LogP contribution in [0.15, 0.2) is 447 Å². The minimum absolute atomic E-state index is 0.826. The topological polar surface area (TPSA) is 72.2 Å². The molecule has 566 valence electrons. The summed E-state index contributed by atoms with van der Waals surface area (Å²) >= 11 is 0. The third-order valence-electron chi connectivity index (χ3n) is 24.3. The molecule has 7 nitrogen and oxygen atoms in total. The van der Waals surface area contributed by atoms with E-state index in [2.05, 4.69) is 386 Å². The molecule has 24 rings (SSSR count). The van der Waals surface area contributed by atoms with Gasteiger partial charge in [-0.2, -0.15) is 0 Å². The van der Waals surface area contributed by atoms with Crippen LogP contribution >= 0.6 is 0 Å². The summed E-state index contributed by atoms with van der Waals surface area (Å²) < 4.78 is 32.9. The fraction of sp³-hybridized carbons (Fsp3) is 0. The van der Waals surface area contributed by atoms with Crippen LogP contribution in [0, 0.1) is 0 Å². The van der Waals surface area contributed by atoms with Crippen molar-refractivity contribution in [1.82, 2.24) is 0 Å². The van der Waals surface area contributed by atoms with Gasteiger partial charge in [-0.3, -0.25) is 0 Å². The molecule has 5 aromatic heterocycles. The molecule has 0 bridgehead atoms. The van der Waals surface area contributed by atoms with E-state index in [9.17, 15) is 0 Å². The normalized spacial score (nSPS) is 11.8. The monoisotopic (exact) mass is 1550 g/mol. The Balaban J connectivity index is 0.545. The number of hydrogen-bond donors (Lipinski definition) is 0. The summed E-state index contributed by atoms with van der Waals surface area (Å²) in [5, 5.41) is 11.0. The number of rotatable bonds is 15. The van der Waals surface area contributed by atoms with Gasteiger partial charge in [-0.1, -0.05) is 279 Å². The Hall–Kier alpha value is -16.2. The summed E-state index contributed by atoms with van der Waals surface area (Å²) in [4.78, 5) is 4.67. The van der Waals surface area contributed by atoms with E-state index in [4.69, 9.17) is 22.1 Å². The first-order valence-corrected chi connectivity index (χ1v) is 41.0. The molecule has 0 unspecified atom stereocenters. The van der Waals surface area contributed by atoms with Gasteiger partial charge in [0.05, 0.1) is 0 Å². The molecule has 0 atom stereocenters. The number of benzene rings is 19. The Bertz CT molecular complexity index is 8010. The Morgan fingerprint density at radius 3 is 0.769 bits per heavy atom. The van der Waals surface area contributed by atoms with Gasteiger partial charge in [0.25, 0.3) is 0 Å². The summed E-state index contributed by atoms with van der Waals surface area (Å²) in [5.74, 6) is 0. The van der Waals surface area contributed by atoms with Crippen molar-refractivity contribution in [2.45, 2.75) is 0 Å². The van der Waals surface area contributed by atoms with Gasteiger partial charge >= 0.3 is 0 Å². The second-order valence-corrected chi connectivity index (χ2v) is 31.3. The molecule has 0 aliphatic carbocycles. The summed E-state index contributed by atoms with van der Waals surface area (Å²) in [5.41, 5.74) is 34.4. The van der Waals surface area contributed by atoms with Gasteiger partial charge in [0.1, 0.15) is 55.8 Å². The first kappa shape index (κ1) is 69.1. The third kappa shape index (κ3) is 12.0. The SMILES string of the molecule is c1ccc(-c2cc(-c3ccc(N(c4ccc(-c5ccc6oc7ccccc7c6c5)cc4)c4ccc(-c5cccc6c5oc5ccccc56)cc4)cc3)cc(-c3cccc(-c4ccc5c(c4)oc4c(-c6ccc(N(c7ccc(-c8cccc9c8oc8ccccc89)cc7)c7ccc(-c8cccc9c8oc8ccccc89)cc7)cc6)cccc45)c3)c2)cc1. The van der Waals surface area contributed by atoms with E-state index in [1.54, 1.807) is 0 Å². The average Bonchev–Trinajstić information content (AvgIpc) is 1.63.